The molecule has 5 nitrogen and oxygen atoms in total. The van der Waals surface area contributed by atoms with E-state index in [2.05, 4.69) is 5.32 Å². The van der Waals surface area contributed by atoms with Gasteiger partial charge in [-0.25, -0.2) is 4.79 Å². The van der Waals surface area contributed by atoms with Crippen LogP contribution in [0, 0.1) is 20.8 Å². The monoisotopic (exact) mass is 389 g/mol. The Labute approximate surface area is 168 Å². The zero-order valence-corrected chi connectivity index (χ0v) is 16.8. The van der Waals surface area contributed by atoms with Gasteiger partial charge in [0.15, 0.2) is 0 Å². The summed E-state index contributed by atoms with van der Waals surface area (Å²) < 4.78 is 11.2. The van der Waals surface area contributed by atoms with E-state index in [1.54, 1.807) is 6.26 Å². The third-order valence-electron chi connectivity index (χ3n) is 5.45. The number of aryl methyl sites for hydroxylation is 3. The number of fused-ring (bicyclic) bond motifs is 2. The van der Waals surface area contributed by atoms with Crippen LogP contribution in [0.5, 0.6) is 0 Å². The Bertz CT molecular complexity index is 1270. The molecule has 1 amide bonds. The van der Waals surface area contributed by atoms with E-state index in [4.69, 9.17) is 8.83 Å². The van der Waals surface area contributed by atoms with Crippen LogP contribution in [0.1, 0.15) is 27.8 Å². The van der Waals surface area contributed by atoms with Crippen LogP contribution >= 0.6 is 0 Å². The second-order valence-corrected chi connectivity index (χ2v) is 7.43. The molecule has 0 aliphatic rings. The van der Waals surface area contributed by atoms with Gasteiger partial charge in [-0.15, -0.1) is 0 Å². The Hall–Kier alpha value is -3.34. The minimum Gasteiger partial charge on any atom is -0.464 e. The topological polar surface area (TPSA) is 72.5 Å². The van der Waals surface area contributed by atoms with Crippen molar-refractivity contribution in [2.75, 3.05) is 6.54 Å². The summed E-state index contributed by atoms with van der Waals surface area (Å²) >= 11 is 0. The second-order valence-electron chi connectivity index (χ2n) is 7.43. The Morgan fingerprint density at radius 3 is 2.52 bits per heavy atom. The molecule has 0 aliphatic heterocycles. The predicted octanol–water partition coefficient (Wildman–Crippen LogP) is 4.37. The maximum atomic E-state index is 12.6. The van der Waals surface area contributed by atoms with E-state index in [9.17, 15) is 9.59 Å². The Kier molecular flexibility index (Phi) is 4.97. The maximum absolute atomic E-state index is 12.6. The summed E-state index contributed by atoms with van der Waals surface area (Å²) in [6, 6.07) is 11.9. The van der Waals surface area contributed by atoms with Gasteiger partial charge in [-0.2, -0.15) is 0 Å². The molecule has 2 aromatic heterocycles. The van der Waals surface area contributed by atoms with Gasteiger partial charge in [0.1, 0.15) is 11.2 Å². The van der Waals surface area contributed by atoms with Crippen LogP contribution in [0.4, 0.5) is 0 Å². The van der Waals surface area contributed by atoms with Gasteiger partial charge in [-0.1, -0.05) is 30.3 Å². The molecule has 0 fully saturated rings. The summed E-state index contributed by atoms with van der Waals surface area (Å²) in [5.41, 5.74) is 4.92. The molecule has 4 aromatic rings. The average Bonchev–Trinajstić information content (AvgIpc) is 3.08. The summed E-state index contributed by atoms with van der Waals surface area (Å²) in [7, 11) is 0. The molecular formula is C24H23NO4. The Morgan fingerprint density at radius 2 is 1.76 bits per heavy atom. The number of furan rings is 1. The van der Waals surface area contributed by atoms with Crippen LogP contribution in [0.15, 0.2) is 56.3 Å². The van der Waals surface area contributed by atoms with Crippen molar-refractivity contribution in [3.8, 4) is 0 Å². The van der Waals surface area contributed by atoms with Crippen LogP contribution < -0.4 is 10.9 Å². The van der Waals surface area contributed by atoms with Crippen molar-refractivity contribution in [1.82, 2.24) is 5.32 Å². The molecule has 2 aromatic carbocycles. The van der Waals surface area contributed by atoms with Gasteiger partial charge >= 0.3 is 5.63 Å². The van der Waals surface area contributed by atoms with E-state index < -0.39 is 5.63 Å². The van der Waals surface area contributed by atoms with Crippen LogP contribution in [-0.2, 0) is 17.6 Å². The van der Waals surface area contributed by atoms with Gasteiger partial charge in [0.05, 0.1) is 18.2 Å². The van der Waals surface area contributed by atoms with E-state index in [1.807, 2.05) is 57.2 Å². The molecule has 4 rings (SSSR count). The van der Waals surface area contributed by atoms with Gasteiger partial charge < -0.3 is 14.2 Å². The molecule has 29 heavy (non-hydrogen) atoms. The smallest absolute Gasteiger partial charge is 0.340 e. The fourth-order valence-electron chi connectivity index (χ4n) is 3.74. The highest BCUT2D eigenvalue weighted by Gasteiger charge is 2.19. The molecule has 0 saturated heterocycles. The van der Waals surface area contributed by atoms with Crippen LogP contribution in [0.25, 0.3) is 21.9 Å². The fraction of sp³-hybridized carbons (Fsp3) is 0.250. The Balaban J connectivity index is 1.60. The highest BCUT2D eigenvalue weighted by atomic mass is 16.4. The third kappa shape index (κ3) is 3.56. The van der Waals surface area contributed by atoms with Gasteiger partial charge in [0.25, 0.3) is 0 Å². The number of rotatable bonds is 5. The van der Waals surface area contributed by atoms with Crippen molar-refractivity contribution in [2.45, 2.75) is 33.6 Å². The van der Waals surface area contributed by atoms with Crippen LogP contribution in [0.3, 0.4) is 0 Å². The lowest BCUT2D eigenvalue weighted by Gasteiger charge is -2.10. The number of amides is 1. The molecule has 0 radical (unpaired) electrons. The predicted molar refractivity (Wildman–Crippen MR) is 113 cm³/mol. The van der Waals surface area contributed by atoms with Crippen molar-refractivity contribution < 1.29 is 13.6 Å². The number of benzene rings is 2. The first-order valence-electron chi connectivity index (χ1n) is 9.70. The SMILES string of the molecule is Cc1coc2c(C)c3oc(=O)c(CC(=O)NCCc4ccccc4)c(C)c3cc12. The lowest BCUT2D eigenvalue weighted by Crippen LogP contribution is -2.29. The molecule has 0 atom stereocenters. The highest BCUT2D eigenvalue weighted by Crippen LogP contribution is 2.32. The summed E-state index contributed by atoms with van der Waals surface area (Å²) in [4.78, 5) is 25.0. The second kappa shape index (κ2) is 7.59. The summed E-state index contributed by atoms with van der Waals surface area (Å²) in [5.74, 6) is -0.187. The molecule has 2 heterocycles. The number of hydrogen-bond donors (Lipinski definition) is 1. The van der Waals surface area contributed by atoms with Gasteiger partial charge in [-0.3, -0.25) is 4.79 Å². The fourth-order valence-corrected chi connectivity index (χ4v) is 3.74. The summed E-state index contributed by atoms with van der Waals surface area (Å²) in [5, 5.41) is 4.72. The molecule has 0 bridgehead atoms. The van der Waals surface area contributed by atoms with Crippen LogP contribution in [0.2, 0.25) is 0 Å². The first-order chi connectivity index (χ1) is 14.0. The zero-order valence-electron chi connectivity index (χ0n) is 16.8. The number of carbonyl (C=O) groups excluding carboxylic acids is 1. The van der Waals surface area contributed by atoms with E-state index in [1.165, 1.54) is 0 Å². The Morgan fingerprint density at radius 1 is 1.00 bits per heavy atom. The van der Waals surface area contributed by atoms with Crippen LogP contribution in [-0.4, -0.2) is 12.5 Å². The average molecular weight is 389 g/mol. The van der Waals surface area contributed by atoms with E-state index in [0.717, 1.165) is 45.0 Å². The molecule has 5 heteroatoms. The minimum absolute atomic E-state index is 0.000347. The lowest BCUT2D eigenvalue weighted by atomic mass is 9.99. The summed E-state index contributed by atoms with van der Waals surface area (Å²) in [6.07, 6.45) is 2.44. The first-order valence-corrected chi connectivity index (χ1v) is 9.70. The number of carbonyl (C=O) groups is 1. The highest BCUT2D eigenvalue weighted by molar-refractivity contribution is 6.00. The van der Waals surface area contributed by atoms with Crippen molar-refractivity contribution in [3.05, 3.63) is 80.9 Å². The van der Waals surface area contributed by atoms with Crippen molar-refractivity contribution in [1.29, 1.82) is 0 Å². The first kappa shape index (κ1) is 19.0. The molecule has 0 saturated carbocycles. The standard InChI is InChI=1S/C24H23NO4/c1-14-13-28-22-16(3)23-19(11-18(14)22)15(2)20(24(27)29-23)12-21(26)25-10-9-17-7-5-4-6-8-17/h4-8,11,13H,9-10,12H2,1-3H3,(H,25,26). The quantitative estimate of drug-likeness (QED) is 0.515. The van der Waals surface area contributed by atoms with Gasteiger partial charge in [0.2, 0.25) is 5.91 Å². The van der Waals surface area contributed by atoms with Gasteiger partial charge in [-0.05, 0) is 49.9 Å². The summed E-state index contributed by atoms with van der Waals surface area (Å²) in [6.45, 7) is 6.25. The van der Waals surface area contributed by atoms with Crippen molar-refractivity contribution >= 4 is 27.8 Å². The van der Waals surface area contributed by atoms with E-state index in [-0.39, 0.29) is 12.3 Å². The van der Waals surface area contributed by atoms with Crippen molar-refractivity contribution in [3.63, 3.8) is 0 Å². The van der Waals surface area contributed by atoms with Gasteiger partial charge in [0, 0.05) is 22.9 Å². The molecular weight excluding hydrogens is 366 g/mol. The van der Waals surface area contributed by atoms with E-state index >= 15 is 0 Å². The zero-order chi connectivity index (χ0) is 20.5. The van der Waals surface area contributed by atoms with E-state index in [0.29, 0.717) is 17.7 Å². The molecule has 0 unspecified atom stereocenters. The molecule has 0 aliphatic carbocycles. The minimum atomic E-state index is -0.473. The third-order valence-corrected chi connectivity index (χ3v) is 5.45. The molecule has 1 N–H and O–H groups in total. The largest absolute Gasteiger partial charge is 0.464 e. The molecule has 0 spiro atoms. The maximum Gasteiger partial charge on any atom is 0.340 e. The van der Waals surface area contributed by atoms with Crippen molar-refractivity contribution in [2.24, 2.45) is 0 Å². The normalized spacial score (nSPS) is 11.3. The number of nitrogens with one attached hydrogen (secondary N) is 1. The lowest BCUT2D eigenvalue weighted by molar-refractivity contribution is -0.120. The molecule has 148 valence electrons. The number of hydrogen-bond acceptors (Lipinski definition) is 4.